The van der Waals surface area contributed by atoms with Crippen LogP contribution in [0.25, 0.3) is 5.57 Å². The van der Waals surface area contributed by atoms with Crippen molar-refractivity contribution in [1.82, 2.24) is 9.66 Å². The first-order valence-corrected chi connectivity index (χ1v) is 8.41. The molecule has 1 unspecified atom stereocenters. The van der Waals surface area contributed by atoms with E-state index in [4.69, 9.17) is 11.3 Å². The first-order valence-electron chi connectivity index (χ1n) is 8.41. The number of rotatable bonds is 4. The SMILES string of the molecule is CC(C)C(c1ccc(F)cc1F)c1nc(C2=CCC(=N)CC2)cn1N. The Morgan fingerprint density at radius 2 is 2.00 bits per heavy atom. The summed E-state index contributed by atoms with van der Waals surface area (Å²) in [4.78, 5) is 4.66. The minimum absolute atomic E-state index is 0.0334. The van der Waals surface area contributed by atoms with Crippen molar-refractivity contribution in [3.05, 3.63) is 59.2 Å². The summed E-state index contributed by atoms with van der Waals surface area (Å²) in [6.45, 7) is 3.92. The van der Waals surface area contributed by atoms with E-state index in [2.05, 4.69) is 4.98 Å². The quantitative estimate of drug-likeness (QED) is 0.814. The molecule has 2 aromatic rings. The molecule has 1 heterocycles. The van der Waals surface area contributed by atoms with E-state index in [9.17, 15) is 8.78 Å². The molecule has 6 heteroatoms. The van der Waals surface area contributed by atoms with Crippen LogP contribution in [0.2, 0.25) is 0 Å². The molecule has 3 N–H and O–H groups in total. The standard InChI is InChI=1S/C19H22F2N4/c1-11(2)18(15-8-5-13(20)9-16(15)21)19-24-17(10-25(19)23)12-3-6-14(22)7-4-12/h3,5,8-11,18,22H,4,6-7,23H2,1-2H3. The molecular weight excluding hydrogens is 322 g/mol. The van der Waals surface area contributed by atoms with Crippen LogP contribution in [0.15, 0.2) is 30.5 Å². The van der Waals surface area contributed by atoms with Gasteiger partial charge in [-0.1, -0.05) is 26.0 Å². The summed E-state index contributed by atoms with van der Waals surface area (Å²) in [6.07, 6.45) is 5.85. The monoisotopic (exact) mass is 344 g/mol. The predicted octanol–water partition coefficient (Wildman–Crippen LogP) is 4.25. The molecular formula is C19H22F2N4. The summed E-state index contributed by atoms with van der Waals surface area (Å²) >= 11 is 0. The van der Waals surface area contributed by atoms with Gasteiger partial charge in [-0.25, -0.2) is 13.8 Å². The average molecular weight is 344 g/mol. The van der Waals surface area contributed by atoms with Crippen LogP contribution in [-0.2, 0) is 0 Å². The highest BCUT2D eigenvalue weighted by Gasteiger charge is 2.27. The van der Waals surface area contributed by atoms with Crippen LogP contribution in [0, 0.1) is 23.0 Å². The molecule has 3 rings (SSSR count). The van der Waals surface area contributed by atoms with Crippen molar-refractivity contribution in [3.63, 3.8) is 0 Å². The van der Waals surface area contributed by atoms with Crippen LogP contribution in [0.1, 0.15) is 56.1 Å². The third-order valence-corrected chi connectivity index (χ3v) is 4.62. The molecule has 132 valence electrons. The molecule has 25 heavy (non-hydrogen) atoms. The van der Waals surface area contributed by atoms with Crippen molar-refractivity contribution in [1.29, 1.82) is 5.41 Å². The molecule has 1 aliphatic rings. The van der Waals surface area contributed by atoms with Crippen molar-refractivity contribution in [2.45, 2.75) is 39.0 Å². The minimum Gasteiger partial charge on any atom is -0.338 e. The zero-order chi connectivity index (χ0) is 18.1. The van der Waals surface area contributed by atoms with Crippen LogP contribution >= 0.6 is 0 Å². The topological polar surface area (TPSA) is 67.7 Å². The normalized spacial score (nSPS) is 16.2. The van der Waals surface area contributed by atoms with Gasteiger partial charge < -0.3 is 11.3 Å². The van der Waals surface area contributed by atoms with Gasteiger partial charge >= 0.3 is 0 Å². The van der Waals surface area contributed by atoms with E-state index in [-0.39, 0.29) is 11.8 Å². The molecule has 1 aromatic heterocycles. The second kappa shape index (κ2) is 6.78. The second-order valence-electron chi connectivity index (χ2n) is 6.82. The number of benzene rings is 1. The Bertz CT molecular complexity index is 836. The van der Waals surface area contributed by atoms with Gasteiger partial charge in [0.2, 0.25) is 0 Å². The Hall–Kier alpha value is -2.50. The fourth-order valence-corrected chi connectivity index (χ4v) is 3.31. The van der Waals surface area contributed by atoms with Crippen molar-refractivity contribution in [2.75, 3.05) is 5.84 Å². The fourth-order valence-electron chi connectivity index (χ4n) is 3.31. The number of allylic oxidation sites excluding steroid dienone is 2. The molecule has 0 spiro atoms. The van der Waals surface area contributed by atoms with Gasteiger partial charge in [0.1, 0.15) is 17.5 Å². The Labute approximate surface area is 145 Å². The number of hydrogen-bond donors (Lipinski definition) is 2. The Balaban J connectivity index is 2.02. The molecule has 0 saturated heterocycles. The third-order valence-electron chi connectivity index (χ3n) is 4.62. The van der Waals surface area contributed by atoms with Gasteiger partial charge in [0, 0.05) is 24.1 Å². The molecule has 0 aliphatic heterocycles. The molecule has 1 aromatic carbocycles. The van der Waals surface area contributed by atoms with E-state index in [0.717, 1.165) is 30.2 Å². The van der Waals surface area contributed by atoms with Crippen molar-refractivity contribution < 1.29 is 8.78 Å². The number of nitrogens with one attached hydrogen (secondary N) is 1. The molecule has 0 fully saturated rings. The number of nitrogens with zero attached hydrogens (tertiary/aromatic N) is 2. The average Bonchev–Trinajstić information content (AvgIpc) is 2.92. The van der Waals surface area contributed by atoms with Gasteiger partial charge in [-0.2, -0.15) is 0 Å². The predicted molar refractivity (Wildman–Crippen MR) is 95.0 cm³/mol. The maximum atomic E-state index is 14.3. The van der Waals surface area contributed by atoms with E-state index in [1.165, 1.54) is 16.8 Å². The largest absolute Gasteiger partial charge is 0.338 e. The number of nitrogens with two attached hydrogens (primary N) is 1. The van der Waals surface area contributed by atoms with Gasteiger partial charge in [-0.3, -0.25) is 4.68 Å². The Morgan fingerprint density at radius 3 is 2.60 bits per heavy atom. The molecule has 0 amide bonds. The zero-order valence-electron chi connectivity index (χ0n) is 14.4. The van der Waals surface area contributed by atoms with Gasteiger partial charge in [0.25, 0.3) is 0 Å². The fraction of sp³-hybridized carbons (Fsp3) is 0.368. The lowest BCUT2D eigenvalue weighted by Gasteiger charge is -2.21. The molecule has 0 bridgehead atoms. The second-order valence-corrected chi connectivity index (χ2v) is 6.82. The van der Waals surface area contributed by atoms with Gasteiger partial charge in [-0.15, -0.1) is 0 Å². The molecule has 1 aliphatic carbocycles. The third kappa shape index (κ3) is 3.48. The summed E-state index contributed by atoms with van der Waals surface area (Å²) in [5.41, 5.74) is 2.92. The lowest BCUT2D eigenvalue weighted by Crippen LogP contribution is -2.20. The summed E-state index contributed by atoms with van der Waals surface area (Å²) in [7, 11) is 0. The van der Waals surface area contributed by atoms with Crippen molar-refractivity contribution in [2.24, 2.45) is 5.92 Å². The molecule has 0 saturated carbocycles. The van der Waals surface area contributed by atoms with E-state index in [1.54, 1.807) is 6.20 Å². The van der Waals surface area contributed by atoms with E-state index < -0.39 is 11.6 Å². The van der Waals surface area contributed by atoms with Crippen LogP contribution in [-0.4, -0.2) is 15.4 Å². The van der Waals surface area contributed by atoms with Gasteiger partial charge in [0.05, 0.1) is 11.9 Å². The zero-order valence-corrected chi connectivity index (χ0v) is 14.4. The highest BCUT2D eigenvalue weighted by Crippen LogP contribution is 2.34. The number of halogens is 2. The van der Waals surface area contributed by atoms with Gasteiger partial charge in [0.15, 0.2) is 0 Å². The van der Waals surface area contributed by atoms with E-state index in [1.807, 2.05) is 19.9 Å². The molecule has 4 nitrogen and oxygen atoms in total. The Kier molecular flexibility index (Phi) is 4.70. The van der Waals surface area contributed by atoms with Gasteiger partial charge in [-0.05, 0) is 36.0 Å². The lowest BCUT2D eigenvalue weighted by atomic mass is 9.87. The van der Waals surface area contributed by atoms with Crippen molar-refractivity contribution in [3.8, 4) is 0 Å². The highest BCUT2D eigenvalue weighted by molar-refractivity contribution is 5.88. The Morgan fingerprint density at radius 1 is 1.24 bits per heavy atom. The first kappa shape index (κ1) is 17.3. The van der Waals surface area contributed by atoms with Crippen LogP contribution in [0.4, 0.5) is 8.78 Å². The van der Waals surface area contributed by atoms with E-state index in [0.29, 0.717) is 23.5 Å². The lowest BCUT2D eigenvalue weighted by molar-refractivity contribution is 0.493. The number of nitrogen functional groups attached to an aromatic ring is 1. The summed E-state index contributed by atoms with van der Waals surface area (Å²) in [5, 5.41) is 7.70. The first-order chi connectivity index (χ1) is 11.9. The molecule has 1 atom stereocenters. The maximum Gasteiger partial charge on any atom is 0.135 e. The summed E-state index contributed by atoms with van der Waals surface area (Å²) in [5.74, 6) is 5.14. The van der Waals surface area contributed by atoms with Crippen LogP contribution in [0.5, 0.6) is 0 Å². The van der Waals surface area contributed by atoms with E-state index >= 15 is 0 Å². The highest BCUT2D eigenvalue weighted by atomic mass is 19.1. The van der Waals surface area contributed by atoms with Crippen LogP contribution < -0.4 is 5.84 Å². The number of imidazole rings is 1. The summed E-state index contributed by atoms with van der Waals surface area (Å²) in [6, 6.07) is 3.61. The maximum absolute atomic E-state index is 14.3. The summed E-state index contributed by atoms with van der Waals surface area (Å²) < 4.78 is 29.0. The minimum atomic E-state index is -0.602. The van der Waals surface area contributed by atoms with Crippen LogP contribution in [0.3, 0.4) is 0 Å². The molecule has 0 radical (unpaired) electrons. The smallest absolute Gasteiger partial charge is 0.135 e. The van der Waals surface area contributed by atoms with Crippen molar-refractivity contribution >= 4 is 11.3 Å². The number of hydrogen-bond acceptors (Lipinski definition) is 3. The number of aromatic nitrogens is 2.